The van der Waals surface area contributed by atoms with E-state index in [0.717, 1.165) is 17.7 Å². The highest BCUT2D eigenvalue weighted by atomic mass is 16.5. The van der Waals surface area contributed by atoms with E-state index in [4.69, 9.17) is 14.2 Å². The maximum Gasteiger partial charge on any atom is 0.161 e. The first-order chi connectivity index (χ1) is 14.0. The summed E-state index contributed by atoms with van der Waals surface area (Å²) in [7, 11) is 5.30. The third-order valence-electron chi connectivity index (χ3n) is 4.92. The molecule has 2 rings (SSSR count). The normalized spacial score (nSPS) is 13.5. The maximum atomic E-state index is 10.4. The van der Waals surface area contributed by atoms with E-state index in [2.05, 4.69) is 24.0 Å². The van der Waals surface area contributed by atoms with Gasteiger partial charge in [-0.15, -0.1) is 0 Å². The second-order valence-electron chi connectivity index (χ2n) is 7.22. The summed E-state index contributed by atoms with van der Waals surface area (Å²) in [4.78, 5) is 2.14. The van der Waals surface area contributed by atoms with Gasteiger partial charge in [0.15, 0.2) is 11.5 Å². The molecule has 0 bridgehead atoms. The summed E-state index contributed by atoms with van der Waals surface area (Å²) >= 11 is 0. The van der Waals surface area contributed by atoms with Crippen LogP contribution < -0.4 is 14.2 Å². The molecule has 2 atom stereocenters. The Morgan fingerprint density at radius 1 is 1.03 bits per heavy atom. The highest BCUT2D eigenvalue weighted by Crippen LogP contribution is 2.28. The van der Waals surface area contributed by atoms with E-state index in [1.54, 1.807) is 14.2 Å². The molecule has 0 radical (unpaired) electrons. The van der Waals surface area contributed by atoms with Crippen LogP contribution in [0.1, 0.15) is 25.0 Å². The lowest BCUT2D eigenvalue weighted by molar-refractivity contribution is 0.0645. The van der Waals surface area contributed by atoms with Crippen LogP contribution in [0.3, 0.4) is 0 Å². The van der Waals surface area contributed by atoms with Crippen molar-refractivity contribution < 1.29 is 19.3 Å². The Bertz CT molecular complexity index is 773. The van der Waals surface area contributed by atoms with Gasteiger partial charge in [0.25, 0.3) is 0 Å². The van der Waals surface area contributed by atoms with Crippen molar-refractivity contribution in [3.8, 4) is 17.2 Å². The molecule has 0 aliphatic heterocycles. The molecule has 2 aromatic carbocycles. The van der Waals surface area contributed by atoms with Crippen LogP contribution in [0.5, 0.6) is 17.2 Å². The van der Waals surface area contributed by atoms with E-state index in [1.807, 2.05) is 56.5 Å². The van der Waals surface area contributed by atoms with Gasteiger partial charge in [0, 0.05) is 12.6 Å². The molecule has 0 saturated carbocycles. The van der Waals surface area contributed by atoms with Crippen LogP contribution in [0.4, 0.5) is 0 Å². The maximum absolute atomic E-state index is 10.4. The number of allylic oxidation sites excluding steroid dienone is 1. The van der Waals surface area contributed by atoms with Crippen LogP contribution in [0, 0.1) is 0 Å². The number of ether oxygens (including phenoxy) is 3. The van der Waals surface area contributed by atoms with Gasteiger partial charge >= 0.3 is 0 Å². The molecule has 0 heterocycles. The highest BCUT2D eigenvalue weighted by molar-refractivity contribution is 5.55. The zero-order chi connectivity index (χ0) is 21.2. The molecular weight excluding hydrogens is 366 g/mol. The predicted octanol–water partition coefficient (Wildman–Crippen LogP) is 4.04. The Hall–Kier alpha value is -2.50. The lowest BCUT2D eigenvalue weighted by Gasteiger charge is -2.27. The minimum atomic E-state index is -0.599. The molecule has 5 heteroatoms. The summed E-state index contributed by atoms with van der Waals surface area (Å²) in [5, 5.41) is 10.4. The predicted molar refractivity (Wildman–Crippen MR) is 118 cm³/mol. The fraction of sp³-hybridized carbons (Fsp3) is 0.417. The summed E-state index contributed by atoms with van der Waals surface area (Å²) in [5.41, 5.74) is 2.28. The van der Waals surface area contributed by atoms with E-state index in [9.17, 15) is 5.11 Å². The van der Waals surface area contributed by atoms with Crippen LogP contribution in [-0.2, 0) is 6.42 Å². The molecule has 0 aliphatic rings. The largest absolute Gasteiger partial charge is 0.497 e. The molecule has 2 aromatic rings. The van der Waals surface area contributed by atoms with Gasteiger partial charge in [0.1, 0.15) is 18.5 Å². The molecule has 0 amide bonds. The molecule has 0 saturated heterocycles. The number of nitrogens with zero attached hydrogens (tertiary/aromatic N) is 1. The number of aliphatic hydroxyl groups excluding tert-OH is 1. The lowest BCUT2D eigenvalue weighted by Crippen LogP contribution is -2.39. The first-order valence-corrected chi connectivity index (χ1v) is 9.91. The zero-order valence-electron chi connectivity index (χ0n) is 18.1. The quantitative estimate of drug-likeness (QED) is 0.618. The van der Waals surface area contributed by atoms with Gasteiger partial charge in [-0.3, -0.25) is 0 Å². The average molecular weight is 400 g/mol. The second kappa shape index (κ2) is 11.5. The Balaban J connectivity index is 1.85. The first-order valence-electron chi connectivity index (χ1n) is 9.91. The van der Waals surface area contributed by atoms with Crippen molar-refractivity contribution in [3.63, 3.8) is 0 Å². The van der Waals surface area contributed by atoms with Gasteiger partial charge < -0.3 is 24.2 Å². The van der Waals surface area contributed by atoms with Crippen molar-refractivity contribution in [2.24, 2.45) is 0 Å². The molecule has 0 spiro atoms. The number of methoxy groups -OCH3 is 2. The van der Waals surface area contributed by atoms with Crippen molar-refractivity contribution in [1.82, 2.24) is 4.90 Å². The Morgan fingerprint density at radius 2 is 1.76 bits per heavy atom. The molecule has 29 heavy (non-hydrogen) atoms. The fourth-order valence-corrected chi connectivity index (χ4v) is 3.11. The van der Waals surface area contributed by atoms with Crippen LogP contribution in [0.25, 0.3) is 6.08 Å². The summed E-state index contributed by atoms with van der Waals surface area (Å²) < 4.78 is 16.4. The SMILES string of the molecule is C/C=C/c1ccc(OCC(O)CN(C)C(C)Cc2ccc(OC)cc2)c(OC)c1. The lowest BCUT2D eigenvalue weighted by atomic mass is 10.1. The smallest absolute Gasteiger partial charge is 0.161 e. The zero-order valence-corrected chi connectivity index (χ0v) is 18.1. The highest BCUT2D eigenvalue weighted by Gasteiger charge is 2.16. The number of hydrogen-bond acceptors (Lipinski definition) is 5. The molecular formula is C24H33NO4. The van der Waals surface area contributed by atoms with Gasteiger partial charge in [0.2, 0.25) is 0 Å². The molecule has 0 aliphatic carbocycles. The minimum absolute atomic E-state index is 0.207. The van der Waals surface area contributed by atoms with Crippen molar-refractivity contribution >= 4 is 6.08 Å². The number of rotatable bonds is 11. The summed E-state index contributed by atoms with van der Waals surface area (Å²) in [6.07, 6.45) is 4.27. The average Bonchev–Trinajstić information content (AvgIpc) is 2.73. The van der Waals surface area contributed by atoms with E-state index < -0.39 is 6.10 Å². The third-order valence-corrected chi connectivity index (χ3v) is 4.92. The second-order valence-corrected chi connectivity index (χ2v) is 7.22. The summed E-state index contributed by atoms with van der Waals surface area (Å²) in [6, 6.07) is 14.1. The van der Waals surface area contributed by atoms with Crippen molar-refractivity contribution in [3.05, 3.63) is 59.7 Å². The fourth-order valence-electron chi connectivity index (χ4n) is 3.11. The summed E-state index contributed by atoms with van der Waals surface area (Å²) in [6.45, 7) is 4.86. The van der Waals surface area contributed by atoms with Crippen LogP contribution >= 0.6 is 0 Å². The van der Waals surface area contributed by atoms with E-state index in [-0.39, 0.29) is 12.6 Å². The Morgan fingerprint density at radius 3 is 2.38 bits per heavy atom. The topological polar surface area (TPSA) is 51.2 Å². The van der Waals surface area contributed by atoms with E-state index in [1.165, 1.54) is 5.56 Å². The minimum Gasteiger partial charge on any atom is -0.497 e. The molecule has 158 valence electrons. The molecule has 5 nitrogen and oxygen atoms in total. The number of likely N-dealkylation sites (N-methyl/N-ethyl adjacent to an activating group) is 1. The molecule has 0 fully saturated rings. The third kappa shape index (κ3) is 7.11. The number of benzene rings is 2. The standard InChI is InChI=1S/C24H33NO4/c1-6-7-19-10-13-23(24(15-19)28-5)29-17-21(26)16-25(3)18(2)14-20-8-11-22(27-4)12-9-20/h6-13,15,18,21,26H,14,16-17H2,1-5H3/b7-6+. The Kier molecular flexibility index (Phi) is 9.03. The first kappa shape index (κ1) is 22.8. The van der Waals surface area contributed by atoms with Crippen molar-refractivity contribution in [2.45, 2.75) is 32.4 Å². The van der Waals surface area contributed by atoms with Gasteiger partial charge in [-0.2, -0.15) is 0 Å². The Labute approximate surface area is 174 Å². The van der Waals surface area contributed by atoms with Gasteiger partial charge in [-0.25, -0.2) is 0 Å². The van der Waals surface area contributed by atoms with Gasteiger partial charge in [-0.1, -0.05) is 30.4 Å². The molecule has 2 unspecified atom stereocenters. The molecule has 0 aromatic heterocycles. The van der Waals surface area contributed by atoms with E-state index >= 15 is 0 Å². The van der Waals surface area contributed by atoms with Crippen molar-refractivity contribution in [1.29, 1.82) is 0 Å². The van der Waals surface area contributed by atoms with Gasteiger partial charge in [-0.05, 0) is 62.7 Å². The van der Waals surface area contributed by atoms with Crippen LogP contribution in [-0.4, -0.2) is 56.6 Å². The molecule has 1 N–H and O–H groups in total. The monoisotopic (exact) mass is 399 g/mol. The van der Waals surface area contributed by atoms with Crippen molar-refractivity contribution in [2.75, 3.05) is 34.4 Å². The van der Waals surface area contributed by atoms with E-state index in [0.29, 0.717) is 18.0 Å². The number of hydrogen-bond donors (Lipinski definition) is 1. The van der Waals surface area contributed by atoms with Gasteiger partial charge in [0.05, 0.1) is 14.2 Å². The summed E-state index contributed by atoms with van der Waals surface area (Å²) in [5.74, 6) is 2.15. The van der Waals surface area contributed by atoms with Crippen LogP contribution in [0.2, 0.25) is 0 Å². The number of aliphatic hydroxyl groups is 1. The van der Waals surface area contributed by atoms with Crippen LogP contribution in [0.15, 0.2) is 48.5 Å².